The molecule has 0 amide bonds. The van der Waals surface area contributed by atoms with E-state index in [4.69, 9.17) is 0 Å². The van der Waals surface area contributed by atoms with Gasteiger partial charge < -0.3 is 0 Å². The highest BCUT2D eigenvalue weighted by Crippen LogP contribution is 2.10. The lowest BCUT2D eigenvalue weighted by atomic mass is 10.0. The van der Waals surface area contributed by atoms with E-state index >= 15 is 0 Å². The number of hydrogen-bond acceptors (Lipinski definition) is 0. The van der Waals surface area contributed by atoms with E-state index in [1.807, 2.05) is 13.8 Å². The molecule has 0 bridgehead atoms. The van der Waals surface area contributed by atoms with Gasteiger partial charge in [-0.2, -0.15) is 0 Å². The number of benzene rings is 2. The minimum atomic E-state index is 1.03. The van der Waals surface area contributed by atoms with Crippen molar-refractivity contribution in [3.63, 3.8) is 0 Å². The highest BCUT2D eigenvalue weighted by molar-refractivity contribution is 5.28. The van der Waals surface area contributed by atoms with E-state index in [-0.39, 0.29) is 0 Å². The van der Waals surface area contributed by atoms with Crippen molar-refractivity contribution in [1.29, 1.82) is 0 Å². The number of rotatable bonds is 3. The van der Waals surface area contributed by atoms with Crippen molar-refractivity contribution in [2.45, 2.75) is 33.6 Å². The van der Waals surface area contributed by atoms with Crippen LogP contribution in [-0.2, 0) is 12.8 Å². The highest BCUT2D eigenvalue weighted by atomic mass is 14.0. The normalized spacial score (nSPS) is 9.35. The molecule has 0 radical (unpaired) electrons. The molecule has 2 aromatic carbocycles. The van der Waals surface area contributed by atoms with Gasteiger partial charge in [0, 0.05) is 0 Å². The molecule has 0 heteroatoms. The van der Waals surface area contributed by atoms with Gasteiger partial charge in [0.1, 0.15) is 0 Å². The lowest BCUT2D eigenvalue weighted by Gasteiger charge is -2.02. The lowest BCUT2D eigenvalue weighted by Crippen LogP contribution is -1.88. The molecule has 0 aliphatic heterocycles. The van der Waals surface area contributed by atoms with E-state index in [9.17, 15) is 0 Å². The summed E-state index contributed by atoms with van der Waals surface area (Å²) in [5, 5.41) is 0. The van der Waals surface area contributed by atoms with Crippen molar-refractivity contribution in [2.75, 3.05) is 0 Å². The average Bonchev–Trinajstić information content (AvgIpc) is 2.43. The summed E-state index contributed by atoms with van der Waals surface area (Å²) in [6.45, 7) is 6.19. The molecule has 0 atom stereocenters. The van der Waals surface area contributed by atoms with E-state index in [0.717, 1.165) is 12.8 Å². The second-order valence-electron chi connectivity index (χ2n) is 3.83. The van der Waals surface area contributed by atoms with Crippen molar-refractivity contribution in [3.8, 4) is 0 Å². The molecule has 0 saturated carbocycles. The maximum Gasteiger partial charge on any atom is -0.00258 e. The zero-order chi connectivity index (χ0) is 12.5. The molecule has 0 spiro atoms. The Bertz CT molecular complexity index is 398. The molecule has 2 aromatic rings. The van der Waals surface area contributed by atoms with Crippen LogP contribution in [0.25, 0.3) is 0 Å². The Balaban J connectivity index is 0.000000686. The second kappa shape index (κ2) is 7.67. The Labute approximate surface area is 105 Å². The molecule has 0 unspecified atom stereocenters. The van der Waals surface area contributed by atoms with Gasteiger partial charge in [-0.3, -0.25) is 0 Å². The van der Waals surface area contributed by atoms with E-state index in [1.165, 1.54) is 16.7 Å². The van der Waals surface area contributed by atoms with Crippen molar-refractivity contribution >= 4 is 0 Å². The van der Waals surface area contributed by atoms with Crippen LogP contribution in [0.5, 0.6) is 0 Å². The summed E-state index contributed by atoms with van der Waals surface area (Å²) in [5.41, 5.74) is 4.17. The molecule has 0 nitrogen and oxygen atoms in total. The third kappa shape index (κ3) is 4.44. The summed E-state index contributed by atoms with van der Waals surface area (Å²) in [7, 11) is 0. The zero-order valence-corrected chi connectivity index (χ0v) is 11.1. The van der Waals surface area contributed by atoms with Gasteiger partial charge in [-0.1, -0.05) is 75.4 Å². The summed E-state index contributed by atoms with van der Waals surface area (Å²) in [6.07, 6.45) is 2.15. The molecule has 0 N–H and O–H groups in total. The van der Waals surface area contributed by atoms with Gasteiger partial charge in [0.15, 0.2) is 0 Å². The van der Waals surface area contributed by atoms with Crippen molar-refractivity contribution in [1.82, 2.24) is 0 Å². The minimum Gasteiger partial charge on any atom is -0.0683 e. The first-order chi connectivity index (χ1) is 8.38. The van der Waals surface area contributed by atoms with Gasteiger partial charge >= 0.3 is 0 Å². The van der Waals surface area contributed by atoms with Crippen LogP contribution in [0, 0.1) is 0 Å². The third-order valence-electron chi connectivity index (χ3n) is 2.68. The van der Waals surface area contributed by atoms with Gasteiger partial charge in [-0.05, 0) is 29.5 Å². The van der Waals surface area contributed by atoms with Crippen LogP contribution in [0.1, 0.15) is 37.5 Å². The Hall–Kier alpha value is -1.56. The topological polar surface area (TPSA) is 0 Å². The van der Waals surface area contributed by atoms with E-state index in [1.54, 1.807) is 0 Å². The predicted molar refractivity (Wildman–Crippen MR) is 76.4 cm³/mol. The van der Waals surface area contributed by atoms with Crippen molar-refractivity contribution in [2.24, 2.45) is 0 Å². The van der Waals surface area contributed by atoms with Crippen LogP contribution in [0.2, 0.25) is 0 Å². The molecule has 0 fully saturated rings. The van der Waals surface area contributed by atoms with Crippen LogP contribution in [0.15, 0.2) is 54.6 Å². The Morgan fingerprint density at radius 3 is 1.65 bits per heavy atom. The first-order valence-electron chi connectivity index (χ1n) is 6.50. The first-order valence-corrected chi connectivity index (χ1v) is 6.50. The summed E-state index contributed by atoms with van der Waals surface area (Å²) in [6, 6.07) is 19.5. The monoisotopic (exact) mass is 226 g/mol. The summed E-state index contributed by atoms with van der Waals surface area (Å²) in [5.74, 6) is 0. The summed E-state index contributed by atoms with van der Waals surface area (Å²) >= 11 is 0. The standard InChI is InChI=1S/C15H16.C2H6/c1-2-13-8-10-15(11-9-13)12-14-6-4-3-5-7-14;1-2/h3-11H,2,12H2,1H3;1-2H3. The smallest absolute Gasteiger partial charge is 0.00258 e. The van der Waals surface area contributed by atoms with Crippen LogP contribution in [0.4, 0.5) is 0 Å². The SMILES string of the molecule is CC.CCc1ccc(Cc2ccccc2)cc1. The van der Waals surface area contributed by atoms with Crippen molar-refractivity contribution < 1.29 is 0 Å². The van der Waals surface area contributed by atoms with Crippen molar-refractivity contribution in [3.05, 3.63) is 71.3 Å². The molecular weight excluding hydrogens is 204 g/mol. The number of aryl methyl sites for hydroxylation is 1. The Morgan fingerprint density at radius 1 is 0.647 bits per heavy atom. The third-order valence-corrected chi connectivity index (χ3v) is 2.68. The molecule has 0 aromatic heterocycles. The lowest BCUT2D eigenvalue weighted by molar-refractivity contribution is 1.12. The molecular formula is C17H22. The fourth-order valence-corrected chi connectivity index (χ4v) is 1.72. The average molecular weight is 226 g/mol. The maximum atomic E-state index is 2.23. The van der Waals surface area contributed by atoms with Crippen LogP contribution >= 0.6 is 0 Å². The largest absolute Gasteiger partial charge is 0.0683 e. The van der Waals surface area contributed by atoms with Gasteiger partial charge in [0.25, 0.3) is 0 Å². The fourth-order valence-electron chi connectivity index (χ4n) is 1.72. The van der Waals surface area contributed by atoms with Gasteiger partial charge in [0.2, 0.25) is 0 Å². The zero-order valence-electron chi connectivity index (χ0n) is 11.1. The van der Waals surface area contributed by atoms with Crippen LogP contribution < -0.4 is 0 Å². The predicted octanol–water partition coefficient (Wildman–Crippen LogP) is 4.87. The van der Waals surface area contributed by atoms with Gasteiger partial charge in [-0.25, -0.2) is 0 Å². The first kappa shape index (κ1) is 13.5. The molecule has 17 heavy (non-hydrogen) atoms. The molecule has 2 rings (SSSR count). The maximum absolute atomic E-state index is 2.23. The molecule has 90 valence electrons. The quantitative estimate of drug-likeness (QED) is 0.700. The van der Waals surface area contributed by atoms with Gasteiger partial charge in [-0.15, -0.1) is 0 Å². The van der Waals surface area contributed by atoms with E-state index in [0.29, 0.717) is 0 Å². The molecule has 0 saturated heterocycles. The summed E-state index contributed by atoms with van der Waals surface area (Å²) in [4.78, 5) is 0. The minimum absolute atomic E-state index is 1.03. The highest BCUT2D eigenvalue weighted by Gasteiger charge is 1.95. The van der Waals surface area contributed by atoms with Gasteiger partial charge in [0.05, 0.1) is 0 Å². The fraction of sp³-hybridized carbons (Fsp3) is 0.294. The molecule has 0 aliphatic rings. The molecule has 0 aliphatic carbocycles. The summed E-state index contributed by atoms with van der Waals surface area (Å²) < 4.78 is 0. The van der Waals surface area contributed by atoms with E-state index in [2.05, 4.69) is 61.5 Å². The van der Waals surface area contributed by atoms with Crippen LogP contribution in [0.3, 0.4) is 0 Å². The number of hydrogen-bond donors (Lipinski definition) is 0. The molecule has 0 heterocycles. The second-order valence-corrected chi connectivity index (χ2v) is 3.83. The Morgan fingerprint density at radius 2 is 1.12 bits per heavy atom. The Kier molecular flexibility index (Phi) is 6.09. The van der Waals surface area contributed by atoms with E-state index < -0.39 is 0 Å². The van der Waals surface area contributed by atoms with Crippen LogP contribution in [-0.4, -0.2) is 0 Å².